The highest BCUT2D eigenvalue weighted by atomic mass is 35.5. The zero-order chi connectivity index (χ0) is 13.7. The fourth-order valence-corrected chi connectivity index (χ4v) is 2.32. The fourth-order valence-electron chi connectivity index (χ4n) is 2.11. The number of hydrogen-bond donors (Lipinski definition) is 1. The number of likely N-dealkylation sites (N-methyl/N-ethyl adjacent to an activating group) is 1. The maximum absolute atomic E-state index is 12.9. The van der Waals surface area contributed by atoms with Crippen molar-refractivity contribution < 1.29 is 4.39 Å². The van der Waals surface area contributed by atoms with Crippen LogP contribution in [0.1, 0.15) is 11.1 Å². The van der Waals surface area contributed by atoms with Crippen LogP contribution in [0.2, 0.25) is 5.02 Å². The summed E-state index contributed by atoms with van der Waals surface area (Å²) in [5.41, 5.74) is 2.25. The van der Waals surface area contributed by atoms with Gasteiger partial charge in [-0.15, -0.1) is 0 Å². The normalized spacial score (nSPS) is 12.4. The number of benzene rings is 2. The first-order valence-corrected chi connectivity index (χ1v) is 6.72. The molecule has 0 bridgehead atoms. The summed E-state index contributed by atoms with van der Waals surface area (Å²) in [5.74, 6) is -0.198. The third-order valence-corrected chi connectivity index (χ3v) is 3.60. The molecule has 0 fully saturated rings. The smallest absolute Gasteiger partial charge is 0.123 e. The third-order valence-electron chi connectivity index (χ3n) is 3.23. The second kappa shape index (κ2) is 6.69. The quantitative estimate of drug-likeness (QED) is 0.875. The van der Waals surface area contributed by atoms with Crippen LogP contribution >= 0.6 is 11.6 Å². The molecule has 0 saturated carbocycles. The lowest BCUT2D eigenvalue weighted by Gasteiger charge is -2.17. The van der Waals surface area contributed by atoms with Crippen molar-refractivity contribution in [1.82, 2.24) is 5.32 Å². The minimum Gasteiger partial charge on any atom is -0.316 e. The molecular formula is C16H17ClFN. The van der Waals surface area contributed by atoms with Gasteiger partial charge in [-0.25, -0.2) is 4.39 Å². The van der Waals surface area contributed by atoms with Crippen LogP contribution in [0.15, 0.2) is 48.5 Å². The molecule has 0 saturated heterocycles. The Hall–Kier alpha value is -1.38. The molecule has 0 aliphatic carbocycles. The van der Waals surface area contributed by atoms with Crippen molar-refractivity contribution in [1.29, 1.82) is 0 Å². The molecule has 19 heavy (non-hydrogen) atoms. The van der Waals surface area contributed by atoms with Gasteiger partial charge in [-0.2, -0.15) is 0 Å². The van der Waals surface area contributed by atoms with Crippen LogP contribution in [-0.2, 0) is 12.8 Å². The van der Waals surface area contributed by atoms with Gasteiger partial charge in [0, 0.05) is 11.1 Å². The summed E-state index contributed by atoms with van der Waals surface area (Å²) in [6, 6.07) is 14.8. The van der Waals surface area contributed by atoms with Gasteiger partial charge in [0.15, 0.2) is 0 Å². The van der Waals surface area contributed by atoms with E-state index in [0.29, 0.717) is 0 Å². The summed E-state index contributed by atoms with van der Waals surface area (Å²) in [5, 5.41) is 4.08. The molecule has 0 aliphatic heterocycles. The third kappa shape index (κ3) is 4.05. The Morgan fingerprint density at radius 2 is 1.74 bits per heavy atom. The lowest BCUT2D eigenvalue weighted by molar-refractivity contribution is 0.555. The van der Waals surface area contributed by atoms with Crippen molar-refractivity contribution in [3.8, 4) is 0 Å². The van der Waals surface area contributed by atoms with E-state index < -0.39 is 0 Å². The van der Waals surface area contributed by atoms with Gasteiger partial charge in [0.1, 0.15) is 5.82 Å². The maximum atomic E-state index is 12.9. The molecule has 0 heterocycles. The van der Waals surface area contributed by atoms with E-state index in [-0.39, 0.29) is 11.9 Å². The Bertz CT molecular complexity index is 525. The standard InChI is InChI=1S/C16H17ClFN/c1-19-15(10-12-6-8-14(18)9-7-12)11-13-4-2-3-5-16(13)17/h2-9,15,19H,10-11H2,1H3. The number of halogens is 2. The van der Waals surface area contributed by atoms with Gasteiger partial charge in [-0.3, -0.25) is 0 Å². The number of rotatable bonds is 5. The summed E-state index contributed by atoms with van der Waals surface area (Å²) in [6.45, 7) is 0. The highest BCUT2D eigenvalue weighted by molar-refractivity contribution is 6.31. The van der Waals surface area contributed by atoms with E-state index >= 15 is 0 Å². The highest BCUT2D eigenvalue weighted by Crippen LogP contribution is 2.18. The molecule has 2 rings (SSSR count). The van der Waals surface area contributed by atoms with Gasteiger partial charge in [-0.1, -0.05) is 41.9 Å². The Kier molecular flexibility index (Phi) is 4.94. The van der Waals surface area contributed by atoms with Crippen LogP contribution in [0, 0.1) is 5.82 Å². The van der Waals surface area contributed by atoms with Crippen LogP contribution in [-0.4, -0.2) is 13.1 Å². The minimum atomic E-state index is -0.198. The molecule has 2 aromatic rings. The molecule has 1 unspecified atom stereocenters. The van der Waals surface area contributed by atoms with Crippen molar-refractivity contribution >= 4 is 11.6 Å². The summed E-state index contributed by atoms with van der Waals surface area (Å²) in [7, 11) is 1.94. The lowest BCUT2D eigenvalue weighted by Crippen LogP contribution is -2.30. The minimum absolute atomic E-state index is 0.198. The molecule has 0 spiro atoms. The first kappa shape index (κ1) is 14.0. The Labute approximate surface area is 118 Å². The Morgan fingerprint density at radius 1 is 1.05 bits per heavy atom. The summed E-state index contributed by atoms with van der Waals surface area (Å²) in [6.07, 6.45) is 1.70. The predicted octanol–water partition coefficient (Wildman–Crippen LogP) is 3.85. The van der Waals surface area contributed by atoms with Crippen LogP contribution in [0.3, 0.4) is 0 Å². The topological polar surface area (TPSA) is 12.0 Å². The van der Waals surface area contributed by atoms with Gasteiger partial charge >= 0.3 is 0 Å². The van der Waals surface area contributed by atoms with Gasteiger partial charge in [0.05, 0.1) is 0 Å². The molecule has 1 N–H and O–H groups in total. The Balaban J connectivity index is 2.05. The van der Waals surface area contributed by atoms with E-state index in [2.05, 4.69) is 5.32 Å². The van der Waals surface area contributed by atoms with Crippen LogP contribution < -0.4 is 5.32 Å². The van der Waals surface area contributed by atoms with E-state index in [4.69, 9.17) is 11.6 Å². The van der Waals surface area contributed by atoms with Gasteiger partial charge in [0.25, 0.3) is 0 Å². The van der Waals surface area contributed by atoms with E-state index in [1.54, 1.807) is 0 Å². The van der Waals surface area contributed by atoms with Crippen LogP contribution in [0.5, 0.6) is 0 Å². The van der Waals surface area contributed by atoms with Crippen molar-refractivity contribution in [2.75, 3.05) is 7.05 Å². The van der Waals surface area contributed by atoms with Gasteiger partial charge in [-0.05, 0) is 49.2 Å². The molecule has 3 heteroatoms. The fraction of sp³-hybridized carbons (Fsp3) is 0.250. The molecule has 0 radical (unpaired) electrons. The molecular weight excluding hydrogens is 261 g/mol. The molecule has 0 amide bonds. The van der Waals surface area contributed by atoms with E-state index in [0.717, 1.165) is 29.0 Å². The van der Waals surface area contributed by atoms with E-state index in [1.165, 1.54) is 12.1 Å². The number of hydrogen-bond acceptors (Lipinski definition) is 1. The van der Waals surface area contributed by atoms with Crippen molar-refractivity contribution in [3.05, 3.63) is 70.5 Å². The second-order valence-corrected chi connectivity index (χ2v) is 5.02. The average Bonchev–Trinajstić information content (AvgIpc) is 2.43. The summed E-state index contributed by atoms with van der Waals surface area (Å²) < 4.78 is 12.9. The molecule has 0 aromatic heterocycles. The van der Waals surface area contributed by atoms with Gasteiger partial charge in [0.2, 0.25) is 0 Å². The van der Waals surface area contributed by atoms with E-state index in [9.17, 15) is 4.39 Å². The largest absolute Gasteiger partial charge is 0.316 e. The van der Waals surface area contributed by atoms with Crippen molar-refractivity contribution in [2.24, 2.45) is 0 Å². The van der Waals surface area contributed by atoms with Crippen molar-refractivity contribution in [2.45, 2.75) is 18.9 Å². The average molecular weight is 278 g/mol. The first-order valence-electron chi connectivity index (χ1n) is 6.34. The molecule has 100 valence electrons. The number of nitrogens with one attached hydrogen (secondary N) is 1. The van der Waals surface area contributed by atoms with Crippen LogP contribution in [0.25, 0.3) is 0 Å². The molecule has 2 aromatic carbocycles. The van der Waals surface area contributed by atoms with Crippen LogP contribution in [0.4, 0.5) is 4.39 Å². The zero-order valence-corrected chi connectivity index (χ0v) is 11.6. The molecule has 0 aliphatic rings. The SMILES string of the molecule is CNC(Cc1ccc(F)cc1)Cc1ccccc1Cl. The maximum Gasteiger partial charge on any atom is 0.123 e. The van der Waals surface area contributed by atoms with Crippen molar-refractivity contribution in [3.63, 3.8) is 0 Å². The molecule has 1 nitrogen and oxygen atoms in total. The highest BCUT2D eigenvalue weighted by Gasteiger charge is 2.10. The van der Waals surface area contributed by atoms with Gasteiger partial charge < -0.3 is 5.32 Å². The Morgan fingerprint density at radius 3 is 2.37 bits per heavy atom. The van der Waals surface area contributed by atoms with E-state index in [1.807, 2.05) is 43.4 Å². The molecule has 1 atom stereocenters. The first-order chi connectivity index (χ1) is 9.19. The predicted molar refractivity (Wildman–Crippen MR) is 78.1 cm³/mol. The monoisotopic (exact) mass is 277 g/mol. The summed E-state index contributed by atoms with van der Waals surface area (Å²) in [4.78, 5) is 0. The summed E-state index contributed by atoms with van der Waals surface area (Å²) >= 11 is 6.17. The lowest BCUT2D eigenvalue weighted by atomic mass is 9.99. The zero-order valence-electron chi connectivity index (χ0n) is 10.9. The second-order valence-electron chi connectivity index (χ2n) is 4.61.